The van der Waals surface area contributed by atoms with E-state index in [2.05, 4.69) is 28.2 Å². The highest BCUT2D eigenvalue weighted by molar-refractivity contribution is 9.10. The van der Waals surface area contributed by atoms with Crippen LogP contribution < -0.4 is 10.1 Å². The first-order chi connectivity index (χ1) is 7.11. The number of halogens is 2. The molecule has 1 aromatic rings. The van der Waals surface area contributed by atoms with E-state index in [1.165, 1.54) is 0 Å². The van der Waals surface area contributed by atoms with Gasteiger partial charge in [0.1, 0.15) is 5.75 Å². The van der Waals surface area contributed by atoms with Crippen LogP contribution in [0.15, 0.2) is 16.6 Å². The monoisotopic (exact) mass is 289 g/mol. The molecule has 1 aliphatic heterocycles. The Bertz CT molecular complexity index is 383. The molecular weight excluding hydrogens is 277 g/mol. The second kappa shape index (κ2) is 4.32. The molecule has 0 saturated carbocycles. The average Bonchev–Trinajstić information content (AvgIpc) is 2.18. The molecule has 15 heavy (non-hydrogen) atoms. The van der Waals surface area contributed by atoms with Crippen LogP contribution in [0.3, 0.4) is 0 Å². The second-order valence-corrected chi connectivity index (χ2v) is 5.10. The molecule has 1 N–H and O–H groups in total. The maximum absolute atomic E-state index is 6.03. The number of hydrogen-bond acceptors (Lipinski definition) is 2. The fourth-order valence-electron chi connectivity index (χ4n) is 1.94. The Morgan fingerprint density at radius 2 is 2.27 bits per heavy atom. The number of benzene rings is 1. The van der Waals surface area contributed by atoms with Gasteiger partial charge in [0.05, 0.1) is 10.6 Å². The van der Waals surface area contributed by atoms with Gasteiger partial charge < -0.3 is 10.1 Å². The van der Waals surface area contributed by atoms with Crippen molar-refractivity contribution in [3.63, 3.8) is 0 Å². The van der Waals surface area contributed by atoms with Crippen molar-refractivity contribution >= 4 is 27.5 Å². The zero-order chi connectivity index (χ0) is 11.0. The fraction of sp³-hybridized carbons (Fsp3) is 0.455. The van der Waals surface area contributed by atoms with E-state index in [1.807, 2.05) is 19.2 Å². The Hall–Kier alpha value is -0.250. The van der Waals surface area contributed by atoms with Crippen molar-refractivity contribution in [3.05, 3.63) is 27.2 Å². The Balaban J connectivity index is 2.51. The summed E-state index contributed by atoms with van der Waals surface area (Å²) in [5, 5.41) is 4.02. The van der Waals surface area contributed by atoms with Crippen LogP contribution in [0.4, 0.5) is 0 Å². The number of hydrogen-bond donors (Lipinski definition) is 1. The molecular formula is C11H13BrClNO. The largest absolute Gasteiger partial charge is 0.489 e. The van der Waals surface area contributed by atoms with E-state index in [4.69, 9.17) is 16.3 Å². The van der Waals surface area contributed by atoms with E-state index in [0.717, 1.165) is 27.2 Å². The minimum atomic E-state index is 0.229. The first-order valence-corrected chi connectivity index (χ1v) is 6.11. The molecule has 2 rings (SSSR count). The molecule has 0 fully saturated rings. The highest BCUT2D eigenvalue weighted by Crippen LogP contribution is 2.41. The summed E-state index contributed by atoms with van der Waals surface area (Å²) < 4.78 is 6.73. The molecule has 0 radical (unpaired) electrons. The number of nitrogens with one attached hydrogen (secondary N) is 1. The normalized spacial score (nSPS) is 24.5. The summed E-state index contributed by atoms with van der Waals surface area (Å²) in [5.41, 5.74) is 1.13. The first kappa shape index (κ1) is 11.2. The van der Waals surface area contributed by atoms with E-state index in [1.54, 1.807) is 0 Å². The van der Waals surface area contributed by atoms with E-state index in [9.17, 15) is 0 Å². The van der Waals surface area contributed by atoms with Gasteiger partial charge in [0.15, 0.2) is 0 Å². The summed E-state index contributed by atoms with van der Waals surface area (Å²) >= 11 is 9.51. The molecule has 0 aliphatic carbocycles. The van der Waals surface area contributed by atoms with E-state index < -0.39 is 0 Å². The van der Waals surface area contributed by atoms with E-state index in [0.29, 0.717) is 6.04 Å². The van der Waals surface area contributed by atoms with Gasteiger partial charge in [0.25, 0.3) is 0 Å². The second-order valence-electron chi connectivity index (χ2n) is 3.81. The fourth-order valence-corrected chi connectivity index (χ4v) is 2.87. The molecule has 2 unspecified atom stereocenters. The number of rotatable bonds is 1. The van der Waals surface area contributed by atoms with Crippen molar-refractivity contribution in [2.24, 2.45) is 0 Å². The maximum Gasteiger partial charge on any atom is 0.138 e. The van der Waals surface area contributed by atoms with Crippen molar-refractivity contribution < 1.29 is 4.74 Å². The lowest BCUT2D eigenvalue weighted by molar-refractivity contribution is 0.168. The van der Waals surface area contributed by atoms with Crippen molar-refractivity contribution in [1.82, 2.24) is 5.32 Å². The highest BCUT2D eigenvalue weighted by Gasteiger charge is 2.26. The van der Waals surface area contributed by atoms with Gasteiger partial charge >= 0.3 is 0 Å². The molecule has 0 aromatic heterocycles. The summed E-state index contributed by atoms with van der Waals surface area (Å²) in [5.74, 6) is 0.914. The lowest BCUT2D eigenvalue weighted by atomic mass is 9.97. The average molecular weight is 291 g/mol. The standard InChI is InChI=1S/C11H13BrClNO/c1-6-3-10(14-2)8-4-7(13)5-9(12)11(8)15-6/h4-6,10,14H,3H2,1-2H3. The van der Waals surface area contributed by atoms with Gasteiger partial charge in [0, 0.05) is 23.0 Å². The van der Waals surface area contributed by atoms with Crippen LogP contribution in [-0.4, -0.2) is 13.2 Å². The van der Waals surface area contributed by atoms with Gasteiger partial charge in [-0.15, -0.1) is 0 Å². The van der Waals surface area contributed by atoms with Gasteiger partial charge in [-0.2, -0.15) is 0 Å². The molecule has 0 saturated heterocycles. The van der Waals surface area contributed by atoms with Crippen LogP contribution in [0.1, 0.15) is 24.9 Å². The Labute approximate surface area is 103 Å². The first-order valence-electron chi connectivity index (χ1n) is 4.94. The molecule has 1 aliphatic rings. The third-order valence-electron chi connectivity index (χ3n) is 2.65. The van der Waals surface area contributed by atoms with E-state index in [-0.39, 0.29) is 6.10 Å². The quantitative estimate of drug-likeness (QED) is 0.854. The minimum Gasteiger partial charge on any atom is -0.489 e. The molecule has 0 bridgehead atoms. The summed E-state index contributed by atoms with van der Waals surface area (Å²) in [4.78, 5) is 0. The smallest absolute Gasteiger partial charge is 0.138 e. The summed E-state index contributed by atoms with van der Waals surface area (Å²) in [6, 6.07) is 4.15. The molecule has 4 heteroatoms. The van der Waals surface area contributed by atoms with Crippen LogP contribution in [-0.2, 0) is 0 Å². The third-order valence-corrected chi connectivity index (χ3v) is 3.45. The Kier molecular flexibility index (Phi) is 3.24. The predicted octanol–water partition coefficient (Wildman–Crippen LogP) is 3.53. The van der Waals surface area contributed by atoms with Crippen molar-refractivity contribution in [3.8, 4) is 5.75 Å². The number of ether oxygens (including phenoxy) is 1. The summed E-state index contributed by atoms with van der Waals surface area (Å²) in [7, 11) is 1.96. The van der Waals surface area contributed by atoms with Gasteiger partial charge in [-0.25, -0.2) is 0 Å². The Morgan fingerprint density at radius 1 is 1.53 bits per heavy atom. The molecule has 1 aromatic carbocycles. The Morgan fingerprint density at radius 3 is 2.93 bits per heavy atom. The topological polar surface area (TPSA) is 21.3 Å². The molecule has 0 amide bonds. The molecule has 2 nitrogen and oxygen atoms in total. The minimum absolute atomic E-state index is 0.229. The third kappa shape index (κ3) is 2.14. The molecule has 2 atom stereocenters. The van der Waals surface area contributed by atoms with Gasteiger partial charge in [0.2, 0.25) is 0 Å². The highest BCUT2D eigenvalue weighted by atomic mass is 79.9. The van der Waals surface area contributed by atoms with Gasteiger partial charge in [-0.3, -0.25) is 0 Å². The number of fused-ring (bicyclic) bond motifs is 1. The van der Waals surface area contributed by atoms with Crippen molar-refractivity contribution in [1.29, 1.82) is 0 Å². The van der Waals surface area contributed by atoms with Crippen LogP contribution >= 0.6 is 27.5 Å². The van der Waals surface area contributed by atoms with E-state index >= 15 is 0 Å². The predicted molar refractivity (Wildman–Crippen MR) is 65.7 cm³/mol. The van der Waals surface area contributed by atoms with Crippen LogP contribution in [0, 0.1) is 0 Å². The zero-order valence-corrected chi connectivity index (χ0v) is 11.0. The van der Waals surface area contributed by atoms with Crippen LogP contribution in [0.5, 0.6) is 5.75 Å². The molecule has 0 spiro atoms. The van der Waals surface area contributed by atoms with Crippen LogP contribution in [0.25, 0.3) is 0 Å². The summed E-state index contributed by atoms with van der Waals surface area (Å²) in [6.45, 7) is 2.08. The maximum atomic E-state index is 6.03. The molecule has 82 valence electrons. The lowest BCUT2D eigenvalue weighted by Gasteiger charge is -2.31. The summed E-state index contributed by atoms with van der Waals surface area (Å²) in [6.07, 6.45) is 1.20. The zero-order valence-electron chi connectivity index (χ0n) is 8.68. The van der Waals surface area contributed by atoms with Crippen molar-refractivity contribution in [2.75, 3.05) is 7.05 Å². The van der Waals surface area contributed by atoms with Gasteiger partial charge in [-0.05, 0) is 42.0 Å². The molecule has 1 heterocycles. The van der Waals surface area contributed by atoms with Crippen molar-refractivity contribution in [2.45, 2.75) is 25.5 Å². The lowest BCUT2D eigenvalue weighted by Crippen LogP contribution is -2.29. The SMILES string of the molecule is CNC1CC(C)Oc2c(Br)cc(Cl)cc21. The van der Waals surface area contributed by atoms with Gasteiger partial charge in [-0.1, -0.05) is 11.6 Å². The van der Waals surface area contributed by atoms with Crippen LogP contribution in [0.2, 0.25) is 5.02 Å².